The lowest BCUT2D eigenvalue weighted by Crippen LogP contribution is -2.42. The number of para-hydroxylation sites is 1. The summed E-state index contributed by atoms with van der Waals surface area (Å²) < 4.78 is 34.8. The number of ether oxygens (including phenoxy) is 1. The molecule has 0 spiro atoms. The predicted octanol–water partition coefficient (Wildman–Crippen LogP) is 7.13. The molecule has 5 rings (SSSR count). The Balaban J connectivity index is 1.39. The fourth-order valence-electron chi connectivity index (χ4n) is 5.22. The van der Waals surface area contributed by atoms with Crippen LogP contribution in [0.4, 0.5) is 5.69 Å². The largest absolute Gasteiger partial charge is 0.457 e. The third-order valence-corrected chi connectivity index (χ3v) is 9.31. The fourth-order valence-corrected chi connectivity index (χ4v) is 6.64. The number of nitrogens with one attached hydrogen (secondary N) is 1. The van der Waals surface area contributed by atoms with E-state index in [1.807, 2.05) is 44.2 Å². The van der Waals surface area contributed by atoms with Crippen LogP contribution < -0.4 is 14.4 Å². The Kier molecular flexibility index (Phi) is 8.74. The van der Waals surface area contributed by atoms with Crippen LogP contribution in [0.15, 0.2) is 102 Å². The Bertz CT molecular complexity index is 1580. The van der Waals surface area contributed by atoms with E-state index in [-0.39, 0.29) is 23.4 Å². The molecule has 7 heteroatoms. The van der Waals surface area contributed by atoms with Crippen LogP contribution >= 0.6 is 0 Å². The summed E-state index contributed by atoms with van der Waals surface area (Å²) in [6, 6.07) is 29.0. The molecule has 0 radical (unpaired) electrons. The molecule has 1 atom stereocenters. The van der Waals surface area contributed by atoms with Gasteiger partial charge in [0, 0.05) is 0 Å². The van der Waals surface area contributed by atoms with Crippen LogP contribution in [0.5, 0.6) is 11.5 Å². The molecule has 4 aromatic rings. The van der Waals surface area contributed by atoms with Crippen LogP contribution in [0.3, 0.4) is 0 Å². The molecule has 212 valence electrons. The van der Waals surface area contributed by atoms with Gasteiger partial charge in [-0.15, -0.1) is 0 Å². The zero-order chi connectivity index (χ0) is 28.8. The van der Waals surface area contributed by atoms with Gasteiger partial charge < -0.3 is 10.1 Å². The number of anilines is 1. The summed E-state index contributed by atoms with van der Waals surface area (Å²) >= 11 is 0. The van der Waals surface area contributed by atoms with E-state index in [9.17, 15) is 13.2 Å². The number of hydrogen-bond donors (Lipinski definition) is 1. The monoisotopic (exact) mass is 568 g/mol. The van der Waals surface area contributed by atoms with Crippen molar-refractivity contribution in [3.63, 3.8) is 0 Å². The van der Waals surface area contributed by atoms with E-state index in [4.69, 9.17) is 4.74 Å². The summed E-state index contributed by atoms with van der Waals surface area (Å²) in [5.74, 6) is 0.877. The van der Waals surface area contributed by atoms with Crippen molar-refractivity contribution in [3.05, 3.63) is 119 Å². The third kappa shape index (κ3) is 6.80. The molecule has 1 aliphatic rings. The van der Waals surface area contributed by atoms with Gasteiger partial charge in [-0.25, -0.2) is 8.42 Å². The Morgan fingerprint density at radius 2 is 1.51 bits per heavy atom. The van der Waals surface area contributed by atoms with Gasteiger partial charge >= 0.3 is 0 Å². The molecule has 41 heavy (non-hydrogen) atoms. The lowest BCUT2D eigenvalue weighted by molar-refractivity contribution is -0.120. The summed E-state index contributed by atoms with van der Waals surface area (Å²) in [7, 11) is -4.03. The molecule has 1 aliphatic carbocycles. The van der Waals surface area contributed by atoms with Gasteiger partial charge in [-0.3, -0.25) is 9.10 Å². The van der Waals surface area contributed by atoms with Crippen molar-refractivity contribution in [2.75, 3.05) is 10.8 Å². The van der Waals surface area contributed by atoms with Crippen LogP contribution in [0.2, 0.25) is 0 Å². The lowest BCUT2D eigenvalue weighted by atomic mass is 9.89. The number of hydrogen-bond acceptors (Lipinski definition) is 4. The van der Waals surface area contributed by atoms with E-state index in [0.717, 1.165) is 24.0 Å². The zero-order valence-corrected chi connectivity index (χ0v) is 24.4. The standard InChI is InChI=1S/C34H36N2O4S/c1-3-33(28-16-15-26-9-7-8-10-27(26)23-28)35-34(37)24-36(41(38,39)32-21-13-25(2)14-22-32)29-17-19-31(20-18-29)40-30-11-5-4-6-12-30/h4-6,11-23,33H,3,7-10,24H2,1-2H3,(H,35,37). The molecule has 1 amide bonds. The highest BCUT2D eigenvalue weighted by Crippen LogP contribution is 2.29. The van der Waals surface area contributed by atoms with Gasteiger partial charge in [0.1, 0.15) is 18.0 Å². The van der Waals surface area contributed by atoms with Gasteiger partial charge in [0.15, 0.2) is 0 Å². The second-order valence-corrected chi connectivity index (χ2v) is 12.4. The number of sulfonamides is 1. The number of rotatable bonds is 10. The third-order valence-electron chi connectivity index (χ3n) is 7.52. The molecule has 4 aromatic carbocycles. The Labute approximate surface area is 243 Å². The first-order valence-electron chi connectivity index (χ1n) is 14.2. The van der Waals surface area contributed by atoms with E-state index in [0.29, 0.717) is 23.6 Å². The number of carbonyl (C=O) groups excluding carboxylic acids is 1. The highest BCUT2D eigenvalue weighted by Gasteiger charge is 2.28. The predicted molar refractivity (Wildman–Crippen MR) is 163 cm³/mol. The van der Waals surface area contributed by atoms with Crippen LogP contribution in [0.25, 0.3) is 0 Å². The maximum atomic E-state index is 13.9. The quantitative estimate of drug-likeness (QED) is 0.221. The zero-order valence-electron chi connectivity index (χ0n) is 23.5. The minimum absolute atomic E-state index is 0.127. The maximum Gasteiger partial charge on any atom is 0.264 e. The Morgan fingerprint density at radius 1 is 0.854 bits per heavy atom. The van der Waals surface area contributed by atoms with Gasteiger partial charge in [0.25, 0.3) is 10.0 Å². The number of carbonyl (C=O) groups is 1. The average Bonchev–Trinajstić information content (AvgIpc) is 2.99. The summed E-state index contributed by atoms with van der Waals surface area (Å²) in [6.07, 6.45) is 5.24. The van der Waals surface area contributed by atoms with Gasteiger partial charge in [0.2, 0.25) is 5.91 Å². The van der Waals surface area contributed by atoms with Gasteiger partial charge in [-0.05, 0) is 104 Å². The van der Waals surface area contributed by atoms with E-state index in [2.05, 4.69) is 23.5 Å². The minimum atomic E-state index is -4.03. The summed E-state index contributed by atoms with van der Waals surface area (Å²) in [4.78, 5) is 13.6. The smallest absolute Gasteiger partial charge is 0.264 e. The number of benzene rings is 4. The SMILES string of the molecule is CCC(NC(=O)CN(c1ccc(Oc2ccccc2)cc1)S(=O)(=O)c1ccc(C)cc1)c1ccc2c(c1)CCCC2. The van der Waals surface area contributed by atoms with E-state index in [1.54, 1.807) is 48.5 Å². The minimum Gasteiger partial charge on any atom is -0.457 e. The number of nitrogens with zero attached hydrogens (tertiary/aromatic N) is 1. The summed E-state index contributed by atoms with van der Waals surface area (Å²) in [6.45, 7) is 3.58. The normalized spacial score (nSPS) is 13.6. The molecule has 1 unspecified atom stereocenters. The number of fused-ring (bicyclic) bond motifs is 1. The number of aryl methyl sites for hydroxylation is 3. The van der Waals surface area contributed by atoms with E-state index < -0.39 is 10.0 Å². The summed E-state index contributed by atoms with van der Waals surface area (Å²) in [5, 5.41) is 3.10. The molecular formula is C34H36N2O4S. The van der Waals surface area contributed by atoms with Crippen LogP contribution in [0.1, 0.15) is 54.5 Å². The molecule has 0 saturated heterocycles. The second kappa shape index (κ2) is 12.6. The van der Waals surface area contributed by atoms with E-state index >= 15 is 0 Å². The molecular weight excluding hydrogens is 532 g/mol. The first-order valence-corrected chi connectivity index (χ1v) is 15.6. The Hall–Kier alpha value is -4.10. The Morgan fingerprint density at radius 3 is 2.20 bits per heavy atom. The van der Waals surface area contributed by atoms with Crippen LogP contribution in [-0.2, 0) is 27.7 Å². The molecule has 0 aromatic heterocycles. The van der Waals surface area contributed by atoms with Crippen LogP contribution in [-0.4, -0.2) is 20.9 Å². The highest BCUT2D eigenvalue weighted by molar-refractivity contribution is 7.92. The molecule has 0 bridgehead atoms. The van der Waals surface area contributed by atoms with Crippen molar-refractivity contribution < 1.29 is 17.9 Å². The van der Waals surface area contributed by atoms with Crippen molar-refractivity contribution in [1.29, 1.82) is 0 Å². The number of amides is 1. The van der Waals surface area contributed by atoms with Crippen molar-refractivity contribution >= 4 is 21.6 Å². The van der Waals surface area contributed by atoms with E-state index in [1.165, 1.54) is 28.3 Å². The molecule has 1 N–H and O–H groups in total. The first kappa shape index (κ1) is 28.4. The van der Waals surface area contributed by atoms with Gasteiger partial charge in [-0.1, -0.05) is 61.0 Å². The topological polar surface area (TPSA) is 75.7 Å². The highest BCUT2D eigenvalue weighted by atomic mass is 32.2. The average molecular weight is 569 g/mol. The molecule has 6 nitrogen and oxygen atoms in total. The molecule has 0 aliphatic heterocycles. The van der Waals surface area contributed by atoms with Crippen LogP contribution in [0, 0.1) is 6.92 Å². The second-order valence-electron chi connectivity index (χ2n) is 10.5. The van der Waals surface area contributed by atoms with Crippen molar-refractivity contribution in [2.45, 2.75) is 56.9 Å². The first-order chi connectivity index (χ1) is 19.8. The maximum absolute atomic E-state index is 13.9. The molecule has 0 heterocycles. The lowest BCUT2D eigenvalue weighted by Gasteiger charge is -2.26. The summed E-state index contributed by atoms with van der Waals surface area (Å²) in [5.41, 5.74) is 5.12. The molecule has 0 saturated carbocycles. The van der Waals surface area contributed by atoms with Gasteiger partial charge in [0.05, 0.1) is 16.6 Å². The van der Waals surface area contributed by atoms with Gasteiger partial charge in [-0.2, -0.15) is 0 Å². The molecule has 0 fully saturated rings. The van der Waals surface area contributed by atoms with Crippen molar-refractivity contribution in [2.24, 2.45) is 0 Å². The fraction of sp³-hybridized carbons (Fsp3) is 0.265. The van der Waals surface area contributed by atoms with Crippen molar-refractivity contribution in [3.8, 4) is 11.5 Å². The van der Waals surface area contributed by atoms with Crippen molar-refractivity contribution in [1.82, 2.24) is 5.32 Å².